The average molecular weight is 291 g/mol. The van der Waals surface area contributed by atoms with Crippen molar-refractivity contribution in [3.8, 4) is 5.75 Å². The Morgan fingerprint density at radius 1 is 1.43 bits per heavy atom. The molecule has 0 unspecified atom stereocenters. The Morgan fingerprint density at radius 2 is 2.10 bits per heavy atom. The van der Waals surface area contributed by atoms with Crippen molar-refractivity contribution in [3.05, 3.63) is 18.2 Å². The van der Waals surface area contributed by atoms with Crippen molar-refractivity contribution in [2.75, 3.05) is 23.9 Å². The van der Waals surface area contributed by atoms with E-state index >= 15 is 0 Å². The first-order valence-corrected chi connectivity index (χ1v) is 6.80. The van der Waals surface area contributed by atoms with Crippen LogP contribution in [0.25, 0.3) is 0 Å². The summed E-state index contributed by atoms with van der Waals surface area (Å²) in [6, 6.07) is 4.55. The van der Waals surface area contributed by atoms with Gasteiger partial charge in [-0.2, -0.15) is 0 Å². The van der Waals surface area contributed by atoms with Gasteiger partial charge in [0, 0.05) is 12.7 Å². The molecule has 1 aromatic carbocycles. The molecule has 3 N–H and O–H groups in total. The summed E-state index contributed by atoms with van der Waals surface area (Å²) in [7, 11) is 1.68. The molecular weight excluding hydrogens is 270 g/mol. The number of fused-ring (bicyclic) bond motifs is 1. The van der Waals surface area contributed by atoms with Crippen LogP contribution in [0.3, 0.4) is 0 Å². The number of anilines is 2. The first-order valence-electron chi connectivity index (χ1n) is 6.80. The van der Waals surface area contributed by atoms with Crippen molar-refractivity contribution in [1.29, 1.82) is 0 Å². The van der Waals surface area contributed by atoms with Crippen LogP contribution in [0.15, 0.2) is 18.2 Å². The molecule has 0 bridgehead atoms. The number of hydrogen-bond donors (Lipinski definition) is 2. The number of rotatable bonds is 2. The van der Waals surface area contributed by atoms with Crippen LogP contribution in [0, 0.1) is 5.41 Å². The second-order valence-electron chi connectivity index (χ2n) is 6.26. The summed E-state index contributed by atoms with van der Waals surface area (Å²) in [5, 5.41) is 2.78. The Kier molecular flexibility index (Phi) is 3.91. The van der Waals surface area contributed by atoms with Crippen LogP contribution in [-0.2, 0) is 9.59 Å². The maximum Gasteiger partial charge on any atom is 0.264 e. The summed E-state index contributed by atoms with van der Waals surface area (Å²) in [5.74, 6) is 0.237. The number of carbonyl (C=O) groups excluding carboxylic acids is 2. The SMILES string of the molecule is CN1C(=O)COc2ccc(NC(=O)[C@@H](N)C(C)(C)C)cc21. The van der Waals surface area contributed by atoms with Gasteiger partial charge in [-0.05, 0) is 23.6 Å². The van der Waals surface area contributed by atoms with Gasteiger partial charge in [-0.1, -0.05) is 20.8 Å². The first kappa shape index (κ1) is 15.3. The molecule has 1 aliphatic rings. The number of nitrogens with two attached hydrogens (primary N) is 1. The quantitative estimate of drug-likeness (QED) is 0.861. The van der Waals surface area contributed by atoms with E-state index in [-0.39, 0.29) is 23.8 Å². The van der Waals surface area contributed by atoms with Gasteiger partial charge in [-0.25, -0.2) is 0 Å². The molecule has 0 spiro atoms. The van der Waals surface area contributed by atoms with Crippen LogP contribution >= 0.6 is 0 Å². The molecular formula is C15H21N3O3. The number of amides is 2. The molecule has 1 heterocycles. The highest BCUT2D eigenvalue weighted by atomic mass is 16.5. The molecule has 114 valence electrons. The number of carbonyl (C=O) groups is 2. The summed E-state index contributed by atoms with van der Waals surface area (Å²) in [4.78, 5) is 25.3. The molecule has 0 aromatic heterocycles. The van der Waals surface area contributed by atoms with Gasteiger partial charge < -0.3 is 20.7 Å². The largest absolute Gasteiger partial charge is 0.482 e. The van der Waals surface area contributed by atoms with Gasteiger partial charge in [0.25, 0.3) is 5.91 Å². The van der Waals surface area contributed by atoms with E-state index in [0.717, 1.165) is 0 Å². The summed E-state index contributed by atoms with van der Waals surface area (Å²) >= 11 is 0. The zero-order chi connectivity index (χ0) is 15.8. The normalized spacial score (nSPS) is 16.0. The van der Waals surface area contributed by atoms with Crippen LogP contribution in [0.2, 0.25) is 0 Å². The predicted octanol–water partition coefficient (Wildman–Crippen LogP) is 1.35. The maximum atomic E-state index is 12.1. The molecule has 0 saturated heterocycles. The lowest BCUT2D eigenvalue weighted by atomic mass is 9.87. The Labute approximate surface area is 124 Å². The van der Waals surface area contributed by atoms with E-state index in [9.17, 15) is 9.59 Å². The number of ether oxygens (including phenoxy) is 1. The van der Waals surface area contributed by atoms with Crippen molar-refractivity contribution in [2.24, 2.45) is 11.1 Å². The third-order valence-electron chi connectivity index (χ3n) is 3.53. The number of hydrogen-bond acceptors (Lipinski definition) is 4. The number of likely N-dealkylation sites (N-methyl/N-ethyl adjacent to an activating group) is 1. The maximum absolute atomic E-state index is 12.1. The monoisotopic (exact) mass is 291 g/mol. The van der Waals surface area contributed by atoms with Crippen LogP contribution in [-0.4, -0.2) is 31.5 Å². The Balaban J connectivity index is 2.20. The van der Waals surface area contributed by atoms with Gasteiger partial charge in [0.1, 0.15) is 5.75 Å². The average Bonchev–Trinajstić information content (AvgIpc) is 2.41. The van der Waals surface area contributed by atoms with Gasteiger partial charge in [0.05, 0.1) is 11.7 Å². The summed E-state index contributed by atoms with van der Waals surface area (Å²) in [6.07, 6.45) is 0. The molecule has 0 aliphatic carbocycles. The van der Waals surface area contributed by atoms with Crippen LogP contribution in [0.4, 0.5) is 11.4 Å². The standard InChI is InChI=1S/C15H21N3O3/c1-15(2,3)13(16)14(20)17-9-5-6-11-10(7-9)18(4)12(19)8-21-11/h5-7,13H,8,16H2,1-4H3,(H,17,20)/t13-/m1/s1. The predicted molar refractivity (Wildman–Crippen MR) is 81.4 cm³/mol. The summed E-state index contributed by atoms with van der Waals surface area (Å²) in [5.41, 5.74) is 6.82. The topological polar surface area (TPSA) is 84.7 Å². The zero-order valence-electron chi connectivity index (χ0n) is 12.8. The lowest BCUT2D eigenvalue weighted by molar-refractivity contribution is -0.121. The molecule has 0 radical (unpaired) electrons. The van der Waals surface area contributed by atoms with Crippen molar-refractivity contribution in [2.45, 2.75) is 26.8 Å². The van der Waals surface area contributed by atoms with E-state index in [4.69, 9.17) is 10.5 Å². The number of nitrogens with one attached hydrogen (secondary N) is 1. The molecule has 2 rings (SSSR count). The number of nitrogens with zero attached hydrogens (tertiary/aromatic N) is 1. The van der Waals surface area contributed by atoms with Gasteiger partial charge in [-0.15, -0.1) is 0 Å². The van der Waals surface area contributed by atoms with E-state index < -0.39 is 6.04 Å². The molecule has 21 heavy (non-hydrogen) atoms. The van der Waals surface area contributed by atoms with E-state index in [0.29, 0.717) is 17.1 Å². The fourth-order valence-electron chi connectivity index (χ4n) is 1.96. The van der Waals surface area contributed by atoms with Gasteiger partial charge in [-0.3, -0.25) is 9.59 Å². The third kappa shape index (κ3) is 3.16. The van der Waals surface area contributed by atoms with Crippen LogP contribution in [0.5, 0.6) is 5.75 Å². The van der Waals surface area contributed by atoms with E-state index in [1.807, 2.05) is 20.8 Å². The molecule has 1 atom stereocenters. The Hall–Kier alpha value is -2.08. The fraction of sp³-hybridized carbons (Fsp3) is 0.467. The van der Waals surface area contributed by atoms with E-state index in [1.54, 1.807) is 25.2 Å². The zero-order valence-corrected chi connectivity index (χ0v) is 12.8. The highest BCUT2D eigenvalue weighted by Crippen LogP contribution is 2.33. The smallest absolute Gasteiger partial charge is 0.264 e. The minimum absolute atomic E-state index is 0.0318. The third-order valence-corrected chi connectivity index (χ3v) is 3.53. The lowest BCUT2D eigenvalue weighted by Crippen LogP contribution is -2.45. The highest BCUT2D eigenvalue weighted by molar-refractivity contribution is 6.00. The van der Waals surface area contributed by atoms with Gasteiger partial charge in [0.2, 0.25) is 5.91 Å². The number of benzene rings is 1. The minimum atomic E-state index is -0.621. The fourth-order valence-corrected chi connectivity index (χ4v) is 1.96. The second-order valence-corrected chi connectivity index (χ2v) is 6.26. The molecule has 0 fully saturated rings. The lowest BCUT2D eigenvalue weighted by Gasteiger charge is -2.28. The van der Waals surface area contributed by atoms with E-state index in [1.165, 1.54) is 4.90 Å². The van der Waals surface area contributed by atoms with Crippen LogP contribution in [0.1, 0.15) is 20.8 Å². The molecule has 1 aliphatic heterocycles. The highest BCUT2D eigenvalue weighted by Gasteiger charge is 2.28. The second kappa shape index (κ2) is 5.37. The molecule has 6 heteroatoms. The summed E-state index contributed by atoms with van der Waals surface area (Å²) < 4.78 is 5.34. The van der Waals surface area contributed by atoms with Crippen molar-refractivity contribution in [3.63, 3.8) is 0 Å². The Morgan fingerprint density at radius 3 is 2.71 bits per heavy atom. The van der Waals surface area contributed by atoms with Crippen LogP contribution < -0.4 is 20.7 Å². The van der Waals surface area contributed by atoms with E-state index in [2.05, 4.69) is 5.32 Å². The van der Waals surface area contributed by atoms with Crippen molar-refractivity contribution >= 4 is 23.2 Å². The molecule has 2 amide bonds. The van der Waals surface area contributed by atoms with Crippen molar-refractivity contribution in [1.82, 2.24) is 0 Å². The molecule has 0 saturated carbocycles. The Bertz CT molecular complexity index is 578. The first-order chi connectivity index (χ1) is 9.70. The molecule has 1 aromatic rings. The van der Waals surface area contributed by atoms with Crippen molar-refractivity contribution < 1.29 is 14.3 Å². The van der Waals surface area contributed by atoms with Gasteiger partial charge in [0.15, 0.2) is 6.61 Å². The summed E-state index contributed by atoms with van der Waals surface area (Å²) in [6.45, 7) is 5.75. The minimum Gasteiger partial charge on any atom is -0.482 e. The van der Waals surface area contributed by atoms with Gasteiger partial charge >= 0.3 is 0 Å². The molecule has 6 nitrogen and oxygen atoms in total.